The molecule has 156 valence electrons. The number of hydrogen-bond donors (Lipinski definition) is 4. The van der Waals surface area contributed by atoms with E-state index in [4.69, 9.17) is 10.5 Å². The Bertz CT molecular complexity index is 896. The molecule has 0 saturated heterocycles. The maximum Gasteiger partial charge on any atom is 0.127 e. The molecule has 0 radical (unpaired) electrons. The number of nitrogens with two attached hydrogens (primary N) is 1. The van der Waals surface area contributed by atoms with Crippen LogP contribution in [-0.4, -0.2) is 39.1 Å². The fraction of sp³-hybridized carbons (Fsp3) is 0.286. The first-order valence-electron chi connectivity index (χ1n) is 8.92. The molecule has 5 N–H and O–H groups in total. The predicted molar refractivity (Wildman–Crippen MR) is 117 cm³/mol. The average Bonchev–Trinajstić information content (AvgIpc) is 3.15. The van der Waals surface area contributed by atoms with Gasteiger partial charge in [-0.05, 0) is 55.3 Å². The molecule has 1 unspecified atom stereocenters. The molecular formula is C21H25ClN2O4S. The lowest BCUT2D eigenvalue weighted by molar-refractivity contribution is 0.0618. The highest BCUT2D eigenvalue weighted by Crippen LogP contribution is 2.29. The van der Waals surface area contributed by atoms with Crippen molar-refractivity contribution < 1.29 is 20.1 Å². The van der Waals surface area contributed by atoms with E-state index in [0.717, 1.165) is 10.6 Å². The zero-order chi connectivity index (χ0) is 20.1. The first-order valence-corrected chi connectivity index (χ1v) is 9.73. The Morgan fingerprint density at radius 1 is 1.03 bits per heavy atom. The number of ether oxygens (including phenoxy) is 1. The van der Waals surface area contributed by atoms with Crippen molar-refractivity contribution in [1.29, 1.82) is 0 Å². The second-order valence-corrected chi connectivity index (χ2v) is 8.10. The van der Waals surface area contributed by atoms with Crippen LogP contribution >= 0.6 is 23.7 Å². The predicted octanol–water partition coefficient (Wildman–Crippen LogP) is 3.44. The van der Waals surface area contributed by atoms with Gasteiger partial charge in [-0.25, -0.2) is 4.98 Å². The van der Waals surface area contributed by atoms with E-state index in [2.05, 4.69) is 4.98 Å². The third kappa shape index (κ3) is 5.99. The maximum absolute atomic E-state index is 10.3. The highest BCUT2D eigenvalue weighted by molar-refractivity contribution is 7.14. The summed E-state index contributed by atoms with van der Waals surface area (Å²) < 4.78 is 5.85. The molecule has 3 rings (SSSR count). The molecule has 3 aromatic rings. The largest absolute Gasteiger partial charge is 0.457 e. The number of aliphatic hydroxyl groups excluding tert-OH is 3. The van der Waals surface area contributed by atoms with Crippen LogP contribution in [0.4, 0.5) is 0 Å². The molecule has 0 aliphatic rings. The molecule has 6 nitrogen and oxygen atoms in total. The Hall–Kier alpha value is -2.00. The molecule has 0 fully saturated rings. The van der Waals surface area contributed by atoms with Gasteiger partial charge >= 0.3 is 0 Å². The summed E-state index contributed by atoms with van der Waals surface area (Å²) in [7, 11) is 0. The van der Waals surface area contributed by atoms with E-state index in [0.29, 0.717) is 17.1 Å². The number of aryl methyl sites for hydroxylation is 1. The monoisotopic (exact) mass is 436 g/mol. The number of hydrogen-bond acceptors (Lipinski definition) is 7. The minimum atomic E-state index is -1.22. The van der Waals surface area contributed by atoms with Crippen molar-refractivity contribution in [3.8, 4) is 22.1 Å². The van der Waals surface area contributed by atoms with Gasteiger partial charge in [-0.3, -0.25) is 0 Å². The van der Waals surface area contributed by atoms with Gasteiger partial charge in [0.2, 0.25) is 0 Å². The Labute approximate surface area is 180 Å². The highest BCUT2D eigenvalue weighted by Gasteiger charge is 2.27. The molecule has 8 heteroatoms. The van der Waals surface area contributed by atoms with Crippen molar-refractivity contribution in [2.75, 3.05) is 13.2 Å². The van der Waals surface area contributed by atoms with Crippen molar-refractivity contribution in [3.63, 3.8) is 0 Å². The standard InChI is InChI=1S/C21H24N2O4S.ClH/c1-14-11-23-20(28-14)16-4-8-18(9-5-16)27-17-6-2-15(3-7-17)19(26)10-21(22,12-24)13-25;/h2-9,11,19,24-26H,10,12-13,22H2,1H3;1H. The first-order chi connectivity index (χ1) is 13.4. The van der Waals surface area contributed by atoms with E-state index < -0.39 is 24.9 Å². The fourth-order valence-corrected chi connectivity index (χ4v) is 3.50. The van der Waals surface area contributed by atoms with Crippen molar-refractivity contribution in [3.05, 3.63) is 65.2 Å². The summed E-state index contributed by atoms with van der Waals surface area (Å²) in [5, 5.41) is 29.8. The molecule has 0 saturated carbocycles. The minimum Gasteiger partial charge on any atom is -0.457 e. The lowest BCUT2D eigenvalue weighted by Crippen LogP contribution is -2.48. The fourth-order valence-electron chi connectivity index (χ4n) is 2.73. The summed E-state index contributed by atoms with van der Waals surface area (Å²) in [5.74, 6) is 1.34. The van der Waals surface area contributed by atoms with Crippen LogP contribution in [0, 0.1) is 6.92 Å². The van der Waals surface area contributed by atoms with Crippen LogP contribution in [0.1, 0.15) is 23.0 Å². The van der Waals surface area contributed by atoms with E-state index in [-0.39, 0.29) is 18.8 Å². The topological polar surface area (TPSA) is 109 Å². The zero-order valence-corrected chi connectivity index (χ0v) is 17.6. The molecule has 0 spiro atoms. The third-order valence-electron chi connectivity index (χ3n) is 4.45. The quantitative estimate of drug-likeness (QED) is 0.430. The summed E-state index contributed by atoms with van der Waals surface area (Å²) >= 11 is 1.65. The molecule has 29 heavy (non-hydrogen) atoms. The highest BCUT2D eigenvalue weighted by atomic mass is 35.5. The van der Waals surface area contributed by atoms with Crippen LogP contribution in [0.2, 0.25) is 0 Å². The lowest BCUT2D eigenvalue weighted by atomic mass is 9.92. The van der Waals surface area contributed by atoms with Gasteiger partial charge in [0.25, 0.3) is 0 Å². The second-order valence-electron chi connectivity index (χ2n) is 6.87. The van der Waals surface area contributed by atoms with Gasteiger partial charge in [0.1, 0.15) is 16.5 Å². The van der Waals surface area contributed by atoms with Crippen LogP contribution in [0.3, 0.4) is 0 Å². The van der Waals surface area contributed by atoms with Gasteiger partial charge in [0.05, 0.1) is 24.9 Å². The summed E-state index contributed by atoms with van der Waals surface area (Å²) in [4.78, 5) is 5.55. The molecule has 1 heterocycles. The molecule has 1 atom stereocenters. The van der Waals surface area contributed by atoms with Gasteiger partial charge < -0.3 is 25.8 Å². The smallest absolute Gasteiger partial charge is 0.127 e. The number of thiazole rings is 1. The molecule has 0 aliphatic heterocycles. The minimum absolute atomic E-state index is 0. The molecule has 0 amide bonds. The van der Waals surface area contributed by atoms with Crippen LogP contribution < -0.4 is 10.5 Å². The van der Waals surface area contributed by atoms with Crippen molar-refractivity contribution in [1.82, 2.24) is 4.98 Å². The van der Waals surface area contributed by atoms with Gasteiger partial charge in [0.15, 0.2) is 0 Å². The maximum atomic E-state index is 10.3. The van der Waals surface area contributed by atoms with Crippen molar-refractivity contribution in [2.24, 2.45) is 5.73 Å². The molecule has 0 aliphatic carbocycles. The summed E-state index contributed by atoms with van der Waals surface area (Å²) in [6.45, 7) is 1.22. The van der Waals surface area contributed by atoms with E-state index in [9.17, 15) is 15.3 Å². The number of halogens is 1. The number of rotatable bonds is 8. The Morgan fingerprint density at radius 3 is 2.07 bits per heavy atom. The number of nitrogens with zero attached hydrogens (tertiary/aromatic N) is 1. The average molecular weight is 437 g/mol. The third-order valence-corrected chi connectivity index (χ3v) is 5.41. The van der Waals surface area contributed by atoms with E-state index >= 15 is 0 Å². The van der Waals surface area contributed by atoms with Gasteiger partial charge in [-0.15, -0.1) is 23.7 Å². The van der Waals surface area contributed by atoms with Crippen LogP contribution in [0.15, 0.2) is 54.7 Å². The normalized spacial score (nSPS) is 12.3. The SMILES string of the molecule is Cc1cnc(-c2ccc(Oc3ccc(C(O)CC(N)(CO)CO)cc3)cc2)s1.Cl. The molecule has 0 bridgehead atoms. The first kappa shape index (κ1) is 23.3. The van der Waals surface area contributed by atoms with Crippen LogP contribution in [-0.2, 0) is 0 Å². The van der Waals surface area contributed by atoms with Gasteiger partial charge in [0, 0.05) is 16.6 Å². The lowest BCUT2D eigenvalue weighted by Gasteiger charge is -2.27. The second kappa shape index (κ2) is 10.2. The Balaban J connectivity index is 0.00000300. The zero-order valence-electron chi connectivity index (χ0n) is 16.0. The molecule has 1 aromatic heterocycles. The molecule has 2 aromatic carbocycles. The number of aliphatic hydroxyl groups is 3. The van der Waals surface area contributed by atoms with Crippen LogP contribution in [0.25, 0.3) is 10.6 Å². The van der Waals surface area contributed by atoms with Crippen molar-refractivity contribution >= 4 is 23.7 Å². The summed E-state index contributed by atoms with van der Waals surface area (Å²) in [5.41, 5.74) is 6.30. The van der Waals surface area contributed by atoms with E-state index in [1.54, 1.807) is 35.6 Å². The van der Waals surface area contributed by atoms with Crippen molar-refractivity contribution in [2.45, 2.75) is 25.0 Å². The Morgan fingerprint density at radius 2 is 1.59 bits per heavy atom. The summed E-state index contributed by atoms with van der Waals surface area (Å²) in [6.07, 6.45) is 1.02. The van der Waals surface area contributed by atoms with Crippen LogP contribution in [0.5, 0.6) is 11.5 Å². The number of aromatic nitrogens is 1. The van der Waals surface area contributed by atoms with Gasteiger partial charge in [-0.1, -0.05) is 12.1 Å². The molecular weight excluding hydrogens is 412 g/mol. The van der Waals surface area contributed by atoms with E-state index in [1.807, 2.05) is 37.4 Å². The van der Waals surface area contributed by atoms with Gasteiger partial charge in [-0.2, -0.15) is 0 Å². The summed E-state index contributed by atoms with van der Waals surface area (Å²) in [6, 6.07) is 14.7. The number of benzene rings is 2. The Kier molecular flexibility index (Phi) is 8.15. The van der Waals surface area contributed by atoms with E-state index in [1.165, 1.54) is 4.88 Å².